The van der Waals surface area contributed by atoms with Gasteiger partial charge in [0.05, 0.1) is 5.56 Å². The Hall–Kier alpha value is -1.79. The highest BCUT2D eigenvalue weighted by Crippen LogP contribution is 2.41. The minimum Gasteiger partial charge on any atom is -0.205 e. The van der Waals surface area contributed by atoms with Crippen LogP contribution < -0.4 is 0 Å². The molecule has 0 aromatic heterocycles. The number of fused-ring (bicyclic) bond motifs is 2. The highest BCUT2D eigenvalue weighted by molar-refractivity contribution is 7.98. The molecule has 0 fully saturated rings. The zero-order valence-corrected chi connectivity index (χ0v) is 11.3. The van der Waals surface area contributed by atoms with Gasteiger partial charge in [0.1, 0.15) is 11.9 Å². The van der Waals surface area contributed by atoms with Gasteiger partial charge in [-0.2, -0.15) is 5.26 Å². The monoisotopic (exact) mass is 269 g/mol. The standard InChI is InChI=1S/C16H12FNS/c1-10-12-7-6-11(8-18)16(17)14(12)9-19-15-5-3-2-4-13(10)15/h2-7,10H,9H2,1H3. The van der Waals surface area contributed by atoms with Crippen molar-refractivity contribution in [2.45, 2.75) is 23.5 Å². The van der Waals surface area contributed by atoms with Crippen molar-refractivity contribution in [1.82, 2.24) is 0 Å². The third-order valence-corrected chi connectivity index (χ3v) is 4.74. The number of halogens is 1. The van der Waals surface area contributed by atoms with Gasteiger partial charge < -0.3 is 0 Å². The van der Waals surface area contributed by atoms with Gasteiger partial charge in [-0.15, -0.1) is 11.8 Å². The first kappa shape index (κ1) is 12.3. The molecule has 1 aliphatic heterocycles. The predicted molar refractivity (Wildman–Crippen MR) is 74.6 cm³/mol. The number of hydrogen-bond acceptors (Lipinski definition) is 2. The van der Waals surface area contributed by atoms with Crippen LogP contribution in [0.4, 0.5) is 4.39 Å². The van der Waals surface area contributed by atoms with Gasteiger partial charge in [0.2, 0.25) is 0 Å². The lowest BCUT2D eigenvalue weighted by Crippen LogP contribution is -2.02. The molecule has 1 atom stereocenters. The van der Waals surface area contributed by atoms with Crippen LogP contribution in [0.1, 0.15) is 35.1 Å². The summed E-state index contributed by atoms with van der Waals surface area (Å²) < 4.78 is 14.3. The summed E-state index contributed by atoms with van der Waals surface area (Å²) in [5.41, 5.74) is 3.04. The van der Waals surface area contributed by atoms with E-state index in [4.69, 9.17) is 5.26 Å². The lowest BCUT2D eigenvalue weighted by Gasteiger charge is -2.15. The Morgan fingerprint density at radius 3 is 2.79 bits per heavy atom. The van der Waals surface area contributed by atoms with E-state index in [9.17, 15) is 4.39 Å². The molecular formula is C16H12FNS. The van der Waals surface area contributed by atoms with Crippen LogP contribution in [0.2, 0.25) is 0 Å². The van der Waals surface area contributed by atoms with Gasteiger partial charge in [-0.1, -0.05) is 31.2 Å². The first-order chi connectivity index (χ1) is 9.22. The fourth-order valence-electron chi connectivity index (χ4n) is 2.56. The SMILES string of the molecule is CC1c2ccccc2SCc2c1ccc(C#N)c2F. The Kier molecular flexibility index (Phi) is 3.04. The molecular weight excluding hydrogens is 257 g/mol. The van der Waals surface area contributed by atoms with Crippen molar-refractivity contribution in [1.29, 1.82) is 5.26 Å². The fourth-order valence-corrected chi connectivity index (χ4v) is 3.74. The lowest BCUT2D eigenvalue weighted by molar-refractivity contribution is 0.609. The number of hydrogen-bond donors (Lipinski definition) is 0. The van der Waals surface area contributed by atoms with Crippen LogP contribution in [0, 0.1) is 17.1 Å². The molecule has 94 valence electrons. The Balaban J connectivity index is 2.21. The van der Waals surface area contributed by atoms with Crippen LogP contribution in [0.3, 0.4) is 0 Å². The van der Waals surface area contributed by atoms with Crippen molar-refractivity contribution in [2.24, 2.45) is 0 Å². The second kappa shape index (κ2) is 4.71. The molecule has 0 bridgehead atoms. The topological polar surface area (TPSA) is 23.8 Å². The molecule has 0 saturated carbocycles. The van der Waals surface area contributed by atoms with E-state index in [1.165, 1.54) is 10.5 Å². The first-order valence-corrected chi connectivity index (χ1v) is 7.14. The van der Waals surface area contributed by atoms with Crippen molar-refractivity contribution in [3.8, 4) is 6.07 Å². The van der Waals surface area contributed by atoms with E-state index in [0.29, 0.717) is 11.3 Å². The van der Waals surface area contributed by atoms with Gasteiger partial charge in [0.15, 0.2) is 0 Å². The normalized spacial score (nSPS) is 17.0. The molecule has 1 heterocycles. The van der Waals surface area contributed by atoms with Crippen molar-refractivity contribution >= 4 is 11.8 Å². The average molecular weight is 269 g/mol. The molecule has 1 unspecified atom stereocenters. The summed E-state index contributed by atoms with van der Waals surface area (Å²) in [7, 11) is 0. The van der Waals surface area contributed by atoms with E-state index in [0.717, 1.165) is 5.56 Å². The molecule has 0 aliphatic carbocycles. The summed E-state index contributed by atoms with van der Waals surface area (Å²) in [5, 5.41) is 8.93. The minimum absolute atomic E-state index is 0.137. The second-order valence-corrected chi connectivity index (χ2v) is 5.67. The molecule has 2 aromatic carbocycles. The summed E-state index contributed by atoms with van der Waals surface area (Å²) in [4.78, 5) is 1.20. The molecule has 1 nitrogen and oxygen atoms in total. The number of nitrogens with zero attached hydrogens (tertiary/aromatic N) is 1. The summed E-state index contributed by atoms with van der Waals surface area (Å²) >= 11 is 1.64. The van der Waals surface area contributed by atoms with Crippen molar-refractivity contribution < 1.29 is 4.39 Å². The fraction of sp³-hybridized carbons (Fsp3) is 0.188. The van der Waals surface area contributed by atoms with E-state index in [-0.39, 0.29) is 17.3 Å². The Bertz CT molecular complexity index is 688. The largest absolute Gasteiger partial charge is 0.205 e. The number of benzene rings is 2. The third-order valence-electron chi connectivity index (χ3n) is 3.62. The van der Waals surface area contributed by atoms with Gasteiger partial charge in [0.25, 0.3) is 0 Å². The zero-order valence-electron chi connectivity index (χ0n) is 10.5. The Labute approximate surface area is 116 Å². The number of thioether (sulfide) groups is 1. The van der Waals surface area contributed by atoms with E-state index < -0.39 is 0 Å². The Morgan fingerprint density at radius 1 is 1.21 bits per heavy atom. The van der Waals surface area contributed by atoms with Crippen LogP contribution in [0.15, 0.2) is 41.3 Å². The number of rotatable bonds is 0. The molecule has 0 amide bonds. The maximum atomic E-state index is 14.3. The molecule has 1 aliphatic rings. The second-order valence-electron chi connectivity index (χ2n) is 4.65. The average Bonchev–Trinajstić information content (AvgIpc) is 2.58. The van der Waals surface area contributed by atoms with Crippen molar-refractivity contribution in [3.05, 3.63) is 64.5 Å². The molecule has 0 spiro atoms. The molecule has 0 radical (unpaired) electrons. The van der Waals surface area contributed by atoms with Crippen molar-refractivity contribution in [2.75, 3.05) is 0 Å². The summed E-state index contributed by atoms with van der Waals surface area (Å²) in [6.45, 7) is 2.09. The van der Waals surface area contributed by atoms with Crippen LogP contribution in [0.25, 0.3) is 0 Å². The van der Waals surface area contributed by atoms with Crippen LogP contribution in [-0.2, 0) is 5.75 Å². The molecule has 19 heavy (non-hydrogen) atoms. The van der Waals surface area contributed by atoms with E-state index >= 15 is 0 Å². The van der Waals surface area contributed by atoms with Crippen LogP contribution >= 0.6 is 11.8 Å². The maximum Gasteiger partial charge on any atom is 0.145 e. The summed E-state index contributed by atoms with van der Waals surface area (Å²) in [6, 6.07) is 13.6. The van der Waals surface area contributed by atoms with E-state index in [1.807, 2.05) is 24.3 Å². The lowest BCUT2D eigenvalue weighted by atomic mass is 9.89. The highest BCUT2D eigenvalue weighted by Gasteiger charge is 2.23. The third kappa shape index (κ3) is 1.93. The zero-order chi connectivity index (χ0) is 13.4. The maximum absolute atomic E-state index is 14.3. The highest BCUT2D eigenvalue weighted by atomic mass is 32.2. The molecule has 0 N–H and O–H groups in total. The number of nitriles is 1. The van der Waals surface area contributed by atoms with Gasteiger partial charge in [-0.25, -0.2) is 4.39 Å². The molecule has 2 aromatic rings. The van der Waals surface area contributed by atoms with Gasteiger partial charge in [-0.05, 0) is 23.3 Å². The van der Waals surface area contributed by atoms with Crippen molar-refractivity contribution in [3.63, 3.8) is 0 Å². The van der Waals surface area contributed by atoms with Gasteiger partial charge in [-0.3, -0.25) is 0 Å². The molecule has 3 rings (SSSR count). The summed E-state index contributed by atoms with van der Waals surface area (Å²) in [5.74, 6) is 0.383. The van der Waals surface area contributed by atoms with Gasteiger partial charge >= 0.3 is 0 Å². The Morgan fingerprint density at radius 2 is 2.00 bits per heavy atom. The van der Waals surface area contributed by atoms with E-state index in [1.54, 1.807) is 17.8 Å². The van der Waals surface area contributed by atoms with E-state index in [2.05, 4.69) is 19.1 Å². The van der Waals surface area contributed by atoms with Crippen LogP contribution in [0.5, 0.6) is 0 Å². The van der Waals surface area contributed by atoms with Crippen LogP contribution in [-0.4, -0.2) is 0 Å². The molecule has 0 saturated heterocycles. The molecule has 3 heteroatoms. The smallest absolute Gasteiger partial charge is 0.145 e. The summed E-state index contributed by atoms with van der Waals surface area (Å²) in [6.07, 6.45) is 0. The first-order valence-electron chi connectivity index (χ1n) is 6.15. The quantitative estimate of drug-likeness (QED) is 0.705. The van der Waals surface area contributed by atoms with Gasteiger partial charge in [0, 0.05) is 22.1 Å². The minimum atomic E-state index is -0.354. The predicted octanol–water partition coefficient (Wildman–Crippen LogP) is 4.45.